The standard InChI is InChI=1S/C32H26N4O4S2/c1-2-40-32(38)35-27-19-10-9-18-26(27)30-31(35)29(33-21-28(37)34-30)22-12-11-13-23(20-22)36(41-24-14-5-3-6-15-24)42(39)25-16-7-4-8-17-25/h3-20H,2,21H2,1H3,(H,34,37). The topological polar surface area (TPSA) is 93.0 Å². The number of carbonyl (C=O) groups excluding carboxylic acids is 2. The smallest absolute Gasteiger partial charge is 0.419 e. The Morgan fingerprint density at radius 1 is 0.976 bits per heavy atom. The van der Waals surface area contributed by atoms with Crippen molar-refractivity contribution >= 4 is 62.9 Å². The first kappa shape index (κ1) is 27.5. The first-order valence-electron chi connectivity index (χ1n) is 13.3. The highest BCUT2D eigenvalue weighted by atomic mass is 32.2. The molecule has 4 aromatic carbocycles. The Morgan fingerprint density at radius 2 is 1.69 bits per heavy atom. The molecular weight excluding hydrogens is 569 g/mol. The van der Waals surface area contributed by atoms with E-state index in [1.807, 2.05) is 109 Å². The molecule has 1 amide bonds. The Kier molecular flexibility index (Phi) is 7.89. The number of aliphatic imine (C=N–C) groups is 1. The molecule has 8 nitrogen and oxygen atoms in total. The molecule has 1 aromatic heterocycles. The second kappa shape index (κ2) is 12.1. The van der Waals surface area contributed by atoms with E-state index in [2.05, 4.69) is 10.3 Å². The summed E-state index contributed by atoms with van der Waals surface area (Å²) in [6.45, 7) is 1.81. The zero-order chi connectivity index (χ0) is 29.1. The summed E-state index contributed by atoms with van der Waals surface area (Å²) in [4.78, 5) is 32.4. The second-order valence-corrected chi connectivity index (χ2v) is 11.8. The lowest BCUT2D eigenvalue weighted by Crippen LogP contribution is -2.21. The minimum Gasteiger partial charge on any atom is -0.449 e. The predicted octanol–water partition coefficient (Wildman–Crippen LogP) is 6.67. The minimum atomic E-state index is -1.56. The van der Waals surface area contributed by atoms with Gasteiger partial charge in [0.2, 0.25) is 5.91 Å². The zero-order valence-electron chi connectivity index (χ0n) is 22.6. The lowest BCUT2D eigenvalue weighted by atomic mass is 10.0. The molecule has 210 valence electrons. The van der Waals surface area contributed by atoms with Crippen LogP contribution < -0.4 is 9.03 Å². The summed E-state index contributed by atoms with van der Waals surface area (Å²) in [5.74, 6) is -0.291. The van der Waals surface area contributed by atoms with Crippen LogP contribution >= 0.6 is 11.9 Å². The van der Waals surface area contributed by atoms with E-state index in [0.717, 1.165) is 4.90 Å². The lowest BCUT2D eigenvalue weighted by Gasteiger charge is -2.23. The maximum atomic E-state index is 13.9. The number of anilines is 2. The quantitative estimate of drug-likeness (QED) is 0.213. The van der Waals surface area contributed by atoms with Crippen LogP contribution in [0.1, 0.15) is 18.2 Å². The molecule has 0 fully saturated rings. The fourth-order valence-corrected chi connectivity index (χ4v) is 7.12. The number of para-hydroxylation sites is 1. The van der Waals surface area contributed by atoms with E-state index in [1.54, 1.807) is 10.6 Å². The van der Waals surface area contributed by atoms with Gasteiger partial charge in [0.25, 0.3) is 0 Å². The maximum absolute atomic E-state index is 13.9. The van der Waals surface area contributed by atoms with Crippen LogP contribution in [0.25, 0.3) is 10.9 Å². The Hall–Kier alpha value is -4.67. The van der Waals surface area contributed by atoms with Crippen LogP contribution in [-0.4, -0.2) is 39.6 Å². The van der Waals surface area contributed by atoms with E-state index in [-0.39, 0.29) is 19.1 Å². The molecule has 2 heterocycles. The fraction of sp³-hybridized carbons (Fsp3) is 0.0938. The Morgan fingerprint density at radius 3 is 2.45 bits per heavy atom. The fourth-order valence-electron chi connectivity index (χ4n) is 4.76. The molecule has 0 saturated heterocycles. The van der Waals surface area contributed by atoms with E-state index in [1.165, 1.54) is 16.5 Å². The van der Waals surface area contributed by atoms with Crippen molar-refractivity contribution in [3.05, 3.63) is 120 Å². The van der Waals surface area contributed by atoms with Crippen molar-refractivity contribution in [1.29, 1.82) is 0 Å². The molecule has 0 radical (unpaired) electrons. The second-order valence-electron chi connectivity index (χ2n) is 9.26. The van der Waals surface area contributed by atoms with E-state index < -0.39 is 17.1 Å². The number of benzene rings is 4. The summed E-state index contributed by atoms with van der Waals surface area (Å²) in [7, 11) is -1.56. The monoisotopic (exact) mass is 594 g/mol. The highest BCUT2D eigenvalue weighted by molar-refractivity contribution is 8.12. The highest BCUT2D eigenvalue weighted by Crippen LogP contribution is 2.37. The largest absolute Gasteiger partial charge is 0.449 e. The van der Waals surface area contributed by atoms with Crippen molar-refractivity contribution in [2.45, 2.75) is 16.7 Å². The van der Waals surface area contributed by atoms with E-state index in [0.29, 0.717) is 44.1 Å². The summed E-state index contributed by atoms with van der Waals surface area (Å²) >= 11 is 1.36. The summed E-state index contributed by atoms with van der Waals surface area (Å²) in [5.41, 5.74) is 3.29. The van der Waals surface area contributed by atoms with Gasteiger partial charge in [-0.1, -0.05) is 66.7 Å². The number of ether oxygens (including phenoxy) is 1. The van der Waals surface area contributed by atoms with Gasteiger partial charge in [0.05, 0.1) is 34.1 Å². The van der Waals surface area contributed by atoms with Crippen molar-refractivity contribution < 1.29 is 18.5 Å². The maximum Gasteiger partial charge on any atom is 0.419 e. The summed E-state index contributed by atoms with van der Waals surface area (Å²) in [6.07, 6.45) is -0.568. The number of rotatable bonds is 7. The number of aromatic nitrogens is 1. The number of amides is 1. The number of nitrogens with zero attached hydrogens (tertiary/aromatic N) is 3. The SMILES string of the molecule is CCOC(=O)n1c2c(c3ccccc31)NC(=O)CN=C2c1cccc(N(Sc2ccccc2)S(=O)c2ccccc2)c1. The molecule has 0 saturated carbocycles. The van der Waals surface area contributed by atoms with Gasteiger partial charge >= 0.3 is 6.09 Å². The normalized spacial score (nSPS) is 13.5. The van der Waals surface area contributed by atoms with Crippen LogP contribution in [0, 0.1) is 0 Å². The summed E-state index contributed by atoms with van der Waals surface area (Å²) in [5, 5.41) is 3.65. The van der Waals surface area contributed by atoms with Crippen LogP contribution in [0.4, 0.5) is 16.2 Å². The Bertz CT molecular complexity index is 1840. The minimum absolute atomic E-state index is 0.121. The van der Waals surface area contributed by atoms with Gasteiger partial charge in [-0.3, -0.25) is 9.79 Å². The van der Waals surface area contributed by atoms with Gasteiger partial charge in [-0.2, -0.15) is 0 Å². The van der Waals surface area contributed by atoms with Crippen molar-refractivity contribution in [2.75, 3.05) is 22.2 Å². The first-order chi connectivity index (χ1) is 20.5. The molecule has 42 heavy (non-hydrogen) atoms. The summed E-state index contributed by atoms with van der Waals surface area (Å²) in [6, 6.07) is 33.8. The third-order valence-electron chi connectivity index (χ3n) is 6.55. The number of hydrogen-bond donors (Lipinski definition) is 1. The number of fused-ring (bicyclic) bond motifs is 3. The molecular formula is C32H26N4O4S2. The van der Waals surface area contributed by atoms with Crippen molar-refractivity contribution in [1.82, 2.24) is 4.57 Å². The Labute approximate surface area is 249 Å². The molecule has 0 bridgehead atoms. The van der Waals surface area contributed by atoms with Gasteiger partial charge in [0.1, 0.15) is 12.2 Å². The van der Waals surface area contributed by atoms with Crippen LogP contribution in [0.2, 0.25) is 0 Å². The van der Waals surface area contributed by atoms with E-state index in [9.17, 15) is 13.8 Å². The number of nitrogens with one attached hydrogen (secondary N) is 1. The zero-order valence-corrected chi connectivity index (χ0v) is 24.2. The van der Waals surface area contributed by atoms with Gasteiger partial charge in [0.15, 0.2) is 11.0 Å². The van der Waals surface area contributed by atoms with Gasteiger partial charge in [-0.15, -0.1) is 0 Å². The van der Waals surface area contributed by atoms with Gasteiger partial charge in [-0.25, -0.2) is 17.3 Å². The third-order valence-corrected chi connectivity index (χ3v) is 9.23. The van der Waals surface area contributed by atoms with Gasteiger partial charge < -0.3 is 10.1 Å². The molecule has 1 N–H and O–H groups in total. The molecule has 10 heteroatoms. The molecule has 5 aromatic rings. The molecule has 1 atom stereocenters. The number of hydrogen-bond acceptors (Lipinski definition) is 6. The van der Waals surface area contributed by atoms with Crippen LogP contribution in [0.3, 0.4) is 0 Å². The lowest BCUT2D eigenvalue weighted by molar-refractivity contribution is -0.114. The summed E-state index contributed by atoms with van der Waals surface area (Å²) < 4.78 is 22.6. The van der Waals surface area contributed by atoms with Crippen LogP contribution in [-0.2, 0) is 20.5 Å². The van der Waals surface area contributed by atoms with Gasteiger partial charge in [0, 0.05) is 27.8 Å². The molecule has 6 rings (SSSR count). The molecule has 1 aliphatic heterocycles. The van der Waals surface area contributed by atoms with Crippen LogP contribution in [0.5, 0.6) is 0 Å². The van der Waals surface area contributed by atoms with E-state index in [4.69, 9.17) is 4.74 Å². The first-order valence-corrected chi connectivity index (χ1v) is 15.2. The van der Waals surface area contributed by atoms with Crippen molar-refractivity contribution in [3.8, 4) is 0 Å². The Balaban J connectivity index is 1.51. The third kappa shape index (κ3) is 5.34. The average molecular weight is 595 g/mol. The molecule has 1 aliphatic rings. The molecule has 0 spiro atoms. The highest BCUT2D eigenvalue weighted by Gasteiger charge is 2.30. The molecule has 1 unspecified atom stereocenters. The molecule has 0 aliphatic carbocycles. The van der Waals surface area contributed by atoms with Crippen molar-refractivity contribution in [3.63, 3.8) is 0 Å². The van der Waals surface area contributed by atoms with E-state index >= 15 is 0 Å². The van der Waals surface area contributed by atoms with Crippen LogP contribution in [0.15, 0.2) is 124 Å². The van der Waals surface area contributed by atoms with Crippen molar-refractivity contribution in [2.24, 2.45) is 4.99 Å². The predicted molar refractivity (Wildman–Crippen MR) is 168 cm³/mol. The average Bonchev–Trinajstić information content (AvgIpc) is 3.24. The van der Waals surface area contributed by atoms with Gasteiger partial charge in [-0.05, 0) is 49.4 Å². The number of carbonyl (C=O) groups is 2.